The standard InChI is InChI=1S/C25H36O4.3C23H30O4/c1-13-14(2)20-18(17-15(3)16(4)26-19(13)17)21(5,6)22(7,8)25(27-20)28-23(9,10)24(11,12)29-25;1-11-12(2)20-17(18-14(4)16(6)24-19(11)18)13(3)15(5)23(25-20)26-21(7,8)22(9,10)27-23;1-11-12(2)19-18(20-17(11)14(4)16(6)24-20)13(3)15(5)23(25-19)26-21(7,8)22(9,10)27-23;1-11-12(2)18-14(4)16(6)24-19(18)20-17(11)13(3)15(5)23(25-20)26-21(7,8)22(9,10)27-23/h1-12H3;3*1-10H3. The number of allylic oxidation sites excluding steroid dienone is 3. The van der Waals surface area contributed by atoms with E-state index >= 15 is 0 Å². The summed E-state index contributed by atoms with van der Waals surface area (Å²) in [4.78, 5) is 0. The molecule has 12 heterocycles. The number of benzene rings is 4. The first-order valence-corrected chi connectivity index (χ1v) is 39.5. The van der Waals surface area contributed by atoms with E-state index in [0.29, 0.717) is 0 Å². The third kappa shape index (κ3) is 10.8. The van der Waals surface area contributed by atoms with Crippen LogP contribution in [-0.4, -0.2) is 68.7 Å². The van der Waals surface area contributed by atoms with Gasteiger partial charge in [0, 0.05) is 60.4 Å². The smallest absolute Gasteiger partial charge is 0.353 e. The lowest BCUT2D eigenvalue weighted by molar-refractivity contribution is -0.381. The second-order valence-corrected chi connectivity index (χ2v) is 38.3. The summed E-state index contributed by atoms with van der Waals surface area (Å²) in [7, 11) is 0. The highest BCUT2D eigenvalue weighted by atomic mass is 16.9. The summed E-state index contributed by atoms with van der Waals surface area (Å²) in [6, 6.07) is 0. The van der Waals surface area contributed by atoms with Gasteiger partial charge in [-0.3, -0.25) is 0 Å². The van der Waals surface area contributed by atoms with Crippen molar-refractivity contribution in [3.63, 3.8) is 0 Å². The molecule has 0 N–H and O–H groups in total. The Kier molecular flexibility index (Phi) is 18.0. The zero-order chi connectivity index (χ0) is 82.3. The van der Waals surface area contributed by atoms with E-state index in [9.17, 15) is 0 Å². The van der Waals surface area contributed by atoms with Crippen molar-refractivity contribution in [2.45, 2.75) is 365 Å². The summed E-state index contributed by atoms with van der Waals surface area (Å²) >= 11 is 0. The molecule has 0 bridgehead atoms. The molecule has 0 amide bonds. The van der Waals surface area contributed by atoms with E-state index in [2.05, 4.69) is 159 Å². The Morgan fingerprint density at radius 3 is 0.900 bits per heavy atom. The molecule has 4 saturated heterocycles. The molecule has 4 aromatic carbocycles. The van der Waals surface area contributed by atoms with Crippen molar-refractivity contribution in [3.05, 3.63) is 129 Å². The second-order valence-electron chi connectivity index (χ2n) is 38.3. The summed E-state index contributed by atoms with van der Waals surface area (Å²) < 4.78 is 103. The maximum Gasteiger partial charge on any atom is 0.353 e. The molecule has 8 aliphatic rings. The van der Waals surface area contributed by atoms with Gasteiger partial charge in [0.2, 0.25) is 0 Å². The molecule has 16 rings (SSSR count). The number of hydrogen-bond acceptors (Lipinski definition) is 16. The zero-order valence-electron chi connectivity index (χ0n) is 74.5. The fraction of sp³-hybridized carbons (Fsp3) is 0.596. The van der Waals surface area contributed by atoms with Crippen LogP contribution in [-0.2, 0) is 43.3 Å². The minimum atomic E-state index is -1.23. The summed E-state index contributed by atoms with van der Waals surface area (Å²) in [6.45, 7) is 87.7. The normalized spacial score (nSPS) is 23.2. The van der Waals surface area contributed by atoms with Gasteiger partial charge in [-0.25, -0.2) is 0 Å². The van der Waals surface area contributed by atoms with Crippen LogP contribution in [0.15, 0.2) is 34.4 Å². The Labute approximate surface area is 653 Å². The van der Waals surface area contributed by atoms with Crippen LogP contribution < -0.4 is 18.9 Å². The highest BCUT2D eigenvalue weighted by Gasteiger charge is 2.72. The fourth-order valence-corrected chi connectivity index (χ4v) is 17.2. The predicted molar refractivity (Wildman–Crippen MR) is 437 cm³/mol. The van der Waals surface area contributed by atoms with Crippen LogP contribution in [0.2, 0.25) is 0 Å². The summed E-state index contributed by atoms with van der Waals surface area (Å²) in [5.74, 6) is 2.19. The van der Waals surface area contributed by atoms with Crippen molar-refractivity contribution in [3.8, 4) is 23.0 Å². The van der Waals surface area contributed by atoms with Crippen LogP contribution >= 0.6 is 0 Å². The predicted octanol–water partition coefficient (Wildman–Crippen LogP) is 25.0. The molecule has 4 aromatic heterocycles. The first-order valence-electron chi connectivity index (χ1n) is 39.5. The highest BCUT2D eigenvalue weighted by Crippen LogP contribution is 2.66. The topological polar surface area (TPSA) is 163 Å². The van der Waals surface area contributed by atoms with Gasteiger partial charge in [-0.1, -0.05) is 27.7 Å². The van der Waals surface area contributed by atoms with Crippen LogP contribution in [0.4, 0.5) is 0 Å². The number of hydrogen-bond donors (Lipinski definition) is 0. The number of fused-ring (bicyclic) bond motifs is 12. The molecule has 0 radical (unpaired) electrons. The molecular weight excluding hydrogens is 1390 g/mol. The number of furan rings is 4. The Balaban J connectivity index is 0.000000129. The van der Waals surface area contributed by atoms with E-state index in [1.807, 2.05) is 132 Å². The van der Waals surface area contributed by atoms with Gasteiger partial charge >= 0.3 is 23.9 Å². The van der Waals surface area contributed by atoms with E-state index in [1.54, 1.807) is 0 Å². The third-order valence-electron chi connectivity index (χ3n) is 29.5. The number of rotatable bonds is 0. The summed E-state index contributed by atoms with van der Waals surface area (Å²) in [5, 5.41) is 4.62. The largest absolute Gasteiger partial charge is 0.461 e. The molecular formula is C94H126O16. The Morgan fingerprint density at radius 2 is 0.491 bits per heavy atom. The van der Waals surface area contributed by atoms with Crippen molar-refractivity contribution in [2.24, 2.45) is 5.41 Å². The summed E-state index contributed by atoms with van der Waals surface area (Å²) in [6.07, 6.45) is 0. The Morgan fingerprint density at radius 1 is 0.209 bits per heavy atom. The quantitative estimate of drug-likeness (QED) is 0.141. The van der Waals surface area contributed by atoms with Gasteiger partial charge in [0.25, 0.3) is 0 Å². The monoisotopic (exact) mass is 1510 g/mol. The fourth-order valence-electron chi connectivity index (χ4n) is 17.2. The van der Waals surface area contributed by atoms with Crippen molar-refractivity contribution in [1.82, 2.24) is 0 Å². The molecule has 4 spiro atoms. The molecule has 0 unspecified atom stereocenters. The van der Waals surface area contributed by atoms with Crippen molar-refractivity contribution >= 4 is 60.6 Å². The second kappa shape index (κ2) is 24.4. The molecule has 8 aromatic rings. The van der Waals surface area contributed by atoms with Gasteiger partial charge in [-0.05, 0) is 347 Å². The average molecular weight is 1510 g/mol. The molecule has 598 valence electrons. The van der Waals surface area contributed by atoms with E-state index in [1.165, 1.54) is 44.2 Å². The molecule has 0 saturated carbocycles. The number of aryl methyl sites for hydroxylation is 12. The lowest BCUT2D eigenvalue weighted by atomic mass is 9.59. The van der Waals surface area contributed by atoms with E-state index in [4.69, 9.17) is 74.5 Å². The van der Waals surface area contributed by atoms with E-state index in [0.717, 1.165) is 168 Å². The van der Waals surface area contributed by atoms with Crippen LogP contribution in [0, 0.1) is 116 Å². The maximum absolute atomic E-state index is 6.80. The van der Waals surface area contributed by atoms with Gasteiger partial charge in [0.05, 0.1) is 55.8 Å². The first kappa shape index (κ1) is 81.2. The highest BCUT2D eigenvalue weighted by molar-refractivity contribution is 6.02. The SMILES string of the molecule is CC1=C(C)C2(Oc3c(C)c(C)c4c(C)c(C)oc4c31)OC(C)(C)C(C)(C)O2.CC1=C(C)C2(Oc3c(C)c(C)c4oc(C)c(C)c4c31)OC(C)(C)C(C)(C)O2.CC1=C(C)C2(Oc3c1c(C)c(C)c1c(C)c(C)oc31)OC(C)(C)C(C)(C)O2.Cc1oc2c(C)c(C)c3c(c2c1C)C(C)(C)C(C)(C)C1(O3)OC(C)(C)C(C)(C)O1. The maximum atomic E-state index is 6.80. The minimum absolute atomic E-state index is 0.297. The first-order chi connectivity index (χ1) is 50.0. The van der Waals surface area contributed by atoms with Crippen molar-refractivity contribution in [1.29, 1.82) is 0 Å². The van der Waals surface area contributed by atoms with Gasteiger partial charge in [-0.2, -0.15) is 0 Å². The number of ether oxygens (including phenoxy) is 12. The lowest BCUT2D eigenvalue weighted by Gasteiger charge is -2.55. The molecule has 16 nitrogen and oxygen atoms in total. The summed E-state index contributed by atoms with van der Waals surface area (Å²) in [5.41, 5.74) is 23.2. The van der Waals surface area contributed by atoms with Crippen LogP contribution in [0.1, 0.15) is 292 Å². The van der Waals surface area contributed by atoms with Crippen LogP contribution in [0.3, 0.4) is 0 Å². The molecule has 16 heteroatoms. The minimum Gasteiger partial charge on any atom is -0.461 e. The van der Waals surface area contributed by atoms with Gasteiger partial charge < -0.3 is 74.5 Å². The van der Waals surface area contributed by atoms with E-state index in [-0.39, 0.29) is 5.41 Å². The van der Waals surface area contributed by atoms with Crippen molar-refractivity contribution < 1.29 is 74.5 Å². The molecule has 0 atom stereocenters. The molecule has 8 aliphatic heterocycles. The van der Waals surface area contributed by atoms with Gasteiger partial charge in [0.1, 0.15) is 57.0 Å². The molecule has 0 aliphatic carbocycles. The Hall–Kier alpha value is -6.86. The lowest BCUT2D eigenvalue weighted by Crippen LogP contribution is -2.62. The molecule has 110 heavy (non-hydrogen) atoms. The van der Waals surface area contributed by atoms with Gasteiger partial charge in [0.15, 0.2) is 11.3 Å². The molecule has 4 fully saturated rings. The average Bonchev–Trinajstić information content (AvgIpc) is 1.42. The zero-order valence-corrected chi connectivity index (χ0v) is 74.5. The van der Waals surface area contributed by atoms with Crippen LogP contribution in [0.25, 0.3) is 60.6 Å². The van der Waals surface area contributed by atoms with Crippen molar-refractivity contribution in [2.75, 3.05) is 0 Å². The van der Waals surface area contributed by atoms with Gasteiger partial charge in [-0.15, -0.1) is 0 Å². The third-order valence-corrected chi connectivity index (χ3v) is 29.5. The van der Waals surface area contributed by atoms with E-state index < -0.39 is 74.1 Å². The van der Waals surface area contributed by atoms with Crippen LogP contribution in [0.5, 0.6) is 23.0 Å². The Bertz CT molecular complexity index is 5350.